The van der Waals surface area contributed by atoms with Crippen LogP contribution in [0, 0.1) is 5.92 Å². The second-order valence-corrected chi connectivity index (χ2v) is 6.41. The van der Waals surface area contributed by atoms with Crippen molar-refractivity contribution in [2.45, 2.75) is 51.6 Å². The van der Waals surface area contributed by atoms with Crippen LogP contribution in [0.25, 0.3) is 0 Å². The molecule has 3 rings (SSSR count). The van der Waals surface area contributed by atoms with Gasteiger partial charge in [-0.2, -0.15) is 0 Å². The Kier molecular flexibility index (Phi) is 4.16. The lowest BCUT2D eigenvalue weighted by molar-refractivity contribution is -0.732. The van der Waals surface area contributed by atoms with Gasteiger partial charge in [0.2, 0.25) is 0 Å². The van der Waals surface area contributed by atoms with Crippen LogP contribution in [0.2, 0.25) is 0 Å². The fraction of sp³-hybridized carbons (Fsp3) is 0.647. The average molecular weight is 276 g/mol. The van der Waals surface area contributed by atoms with Gasteiger partial charge in [-0.05, 0) is 43.9 Å². The lowest BCUT2D eigenvalue weighted by Crippen LogP contribution is -2.91. The van der Waals surface area contributed by atoms with Gasteiger partial charge in [0, 0.05) is 11.5 Å². The Morgan fingerprint density at radius 3 is 2.45 bits per heavy atom. The van der Waals surface area contributed by atoms with Crippen molar-refractivity contribution in [2.24, 2.45) is 5.92 Å². The van der Waals surface area contributed by atoms with Crippen molar-refractivity contribution < 1.29 is 14.8 Å². The van der Waals surface area contributed by atoms with Crippen molar-refractivity contribution in [3.05, 3.63) is 23.8 Å². The summed E-state index contributed by atoms with van der Waals surface area (Å²) in [7, 11) is 0. The highest BCUT2D eigenvalue weighted by Gasteiger charge is 2.27. The van der Waals surface area contributed by atoms with E-state index >= 15 is 0 Å². The number of hydrogen-bond acceptors (Lipinski definition) is 2. The molecule has 1 aromatic carbocycles. The van der Waals surface area contributed by atoms with E-state index in [1.807, 2.05) is 0 Å². The zero-order chi connectivity index (χ0) is 13.9. The molecule has 110 valence electrons. The molecule has 1 aliphatic carbocycles. The second kappa shape index (κ2) is 6.04. The van der Waals surface area contributed by atoms with E-state index in [0.717, 1.165) is 17.5 Å². The molecule has 0 saturated heterocycles. The van der Waals surface area contributed by atoms with Crippen molar-refractivity contribution in [2.75, 3.05) is 13.2 Å². The third-order valence-electron chi connectivity index (χ3n) is 4.55. The summed E-state index contributed by atoms with van der Waals surface area (Å²) < 4.78 is 11.3. The Labute approximate surface area is 121 Å². The quantitative estimate of drug-likeness (QED) is 0.917. The number of ether oxygens (including phenoxy) is 2. The first-order valence-electron chi connectivity index (χ1n) is 7.98. The highest BCUT2D eigenvalue weighted by Crippen LogP contribution is 2.33. The molecule has 20 heavy (non-hydrogen) atoms. The fourth-order valence-electron chi connectivity index (χ4n) is 3.43. The third-order valence-corrected chi connectivity index (χ3v) is 4.55. The molecule has 1 aliphatic heterocycles. The standard InChI is InChI=1S/C17H25NO2/c1-12(2)17(18-14-5-3-4-6-14)13-7-8-15-16(11-13)20-10-9-19-15/h7-8,11-12,14,17-18H,3-6,9-10H2,1-2H3/p+1/t17-/m1/s1. The van der Waals surface area contributed by atoms with E-state index < -0.39 is 0 Å². The van der Waals surface area contributed by atoms with Crippen molar-refractivity contribution in [1.29, 1.82) is 0 Å². The topological polar surface area (TPSA) is 35.1 Å². The van der Waals surface area contributed by atoms with E-state index in [9.17, 15) is 0 Å². The Morgan fingerprint density at radius 1 is 1.05 bits per heavy atom. The van der Waals surface area contributed by atoms with Crippen molar-refractivity contribution in [3.8, 4) is 11.5 Å². The maximum absolute atomic E-state index is 5.73. The third kappa shape index (κ3) is 2.93. The molecule has 0 spiro atoms. The highest BCUT2D eigenvalue weighted by molar-refractivity contribution is 5.44. The van der Waals surface area contributed by atoms with Crippen molar-refractivity contribution in [1.82, 2.24) is 0 Å². The monoisotopic (exact) mass is 276 g/mol. The van der Waals surface area contributed by atoms with Gasteiger partial charge in [0.05, 0.1) is 6.04 Å². The molecule has 1 fully saturated rings. The molecular weight excluding hydrogens is 250 g/mol. The molecule has 3 nitrogen and oxygen atoms in total. The van der Waals surface area contributed by atoms with E-state index in [1.165, 1.54) is 31.2 Å². The molecule has 2 N–H and O–H groups in total. The highest BCUT2D eigenvalue weighted by atomic mass is 16.6. The molecule has 2 aliphatic rings. The Morgan fingerprint density at radius 2 is 1.75 bits per heavy atom. The minimum atomic E-state index is 0.522. The predicted octanol–water partition coefficient (Wildman–Crippen LogP) is 2.66. The Bertz CT molecular complexity index is 452. The van der Waals surface area contributed by atoms with Gasteiger partial charge >= 0.3 is 0 Å². The number of hydrogen-bond donors (Lipinski definition) is 1. The molecule has 1 aromatic rings. The summed E-state index contributed by atoms with van der Waals surface area (Å²) in [5, 5.41) is 2.59. The molecule has 0 bridgehead atoms. The van der Waals surface area contributed by atoms with Gasteiger partial charge in [-0.1, -0.05) is 13.8 Å². The minimum Gasteiger partial charge on any atom is -0.486 e. The van der Waals surface area contributed by atoms with Crippen molar-refractivity contribution >= 4 is 0 Å². The summed E-state index contributed by atoms with van der Waals surface area (Å²) in [6, 6.07) is 7.79. The van der Waals surface area contributed by atoms with Gasteiger partial charge in [-0.15, -0.1) is 0 Å². The summed E-state index contributed by atoms with van der Waals surface area (Å²) >= 11 is 0. The van der Waals surface area contributed by atoms with Crippen molar-refractivity contribution in [3.63, 3.8) is 0 Å². The van der Waals surface area contributed by atoms with Crippen LogP contribution in [0.1, 0.15) is 51.1 Å². The maximum Gasteiger partial charge on any atom is 0.161 e. The summed E-state index contributed by atoms with van der Waals surface area (Å²) in [5.74, 6) is 2.43. The molecule has 0 amide bonds. The molecule has 1 heterocycles. The molecule has 1 atom stereocenters. The van der Waals surface area contributed by atoms with Crippen LogP contribution in [-0.4, -0.2) is 19.3 Å². The van der Waals surface area contributed by atoms with Crippen LogP contribution in [0.4, 0.5) is 0 Å². The van der Waals surface area contributed by atoms with Crippen LogP contribution in [-0.2, 0) is 0 Å². The first-order chi connectivity index (χ1) is 9.74. The molecule has 1 saturated carbocycles. The predicted molar refractivity (Wildman–Crippen MR) is 79.2 cm³/mol. The summed E-state index contributed by atoms with van der Waals surface area (Å²) in [5.41, 5.74) is 1.37. The van der Waals surface area contributed by atoms with E-state index in [4.69, 9.17) is 9.47 Å². The molecule has 0 unspecified atom stereocenters. The van der Waals surface area contributed by atoms with Gasteiger partial charge < -0.3 is 14.8 Å². The van der Waals surface area contributed by atoms with Gasteiger partial charge in [-0.3, -0.25) is 0 Å². The first kappa shape index (κ1) is 13.7. The lowest BCUT2D eigenvalue weighted by atomic mass is 9.94. The molecule has 0 radical (unpaired) electrons. The zero-order valence-corrected chi connectivity index (χ0v) is 12.6. The Balaban J connectivity index is 1.79. The van der Waals surface area contributed by atoms with Crippen LogP contribution in [0.5, 0.6) is 11.5 Å². The maximum atomic E-state index is 5.73. The van der Waals surface area contributed by atoms with E-state index in [2.05, 4.69) is 37.4 Å². The summed E-state index contributed by atoms with van der Waals surface area (Å²) in [6.45, 7) is 5.95. The minimum absolute atomic E-state index is 0.522. The average Bonchev–Trinajstić information content (AvgIpc) is 2.97. The van der Waals surface area contributed by atoms with Gasteiger partial charge in [0.25, 0.3) is 0 Å². The smallest absolute Gasteiger partial charge is 0.161 e. The normalized spacial score (nSPS) is 20.4. The van der Waals surface area contributed by atoms with Crippen LogP contribution in [0.3, 0.4) is 0 Å². The lowest BCUT2D eigenvalue weighted by Gasteiger charge is -2.25. The van der Waals surface area contributed by atoms with Crippen LogP contribution in [0.15, 0.2) is 18.2 Å². The summed E-state index contributed by atoms with van der Waals surface area (Å²) in [6.07, 6.45) is 5.53. The second-order valence-electron chi connectivity index (χ2n) is 6.41. The SMILES string of the molecule is CC(C)[C@@H]([NH2+]C1CCCC1)c1ccc2c(c1)OCCO2. The fourth-order valence-corrected chi connectivity index (χ4v) is 3.43. The van der Waals surface area contributed by atoms with E-state index in [1.54, 1.807) is 0 Å². The number of benzene rings is 1. The van der Waals surface area contributed by atoms with E-state index in [0.29, 0.717) is 25.2 Å². The van der Waals surface area contributed by atoms with Gasteiger partial charge in [0.15, 0.2) is 11.5 Å². The van der Waals surface area contributed by atoms with Crippen LogP contribution >= 0.6 is 0 Å². The zero-order valence-electron chi connectivity index (χ0n) is 12.6. The van der Waals surface area contributed by atoms with Crippen LogP contribution < -0.4 is 14.8 Å². The number of quaternary nitrogens is 1. The Hall–Kier alpha value is -1.22. The molecular formula is C17H26NO2+. The largest absolute Gasteiger partial charge is 0.486 e. The number of fused-ring (bicyclic) bond motifs is 1. The molecule has 0 aromatic heterocycles. The summed E-state index contributed by atoms with van der Waals surface area (Å²) in [4.78, 5) is 0. The first-order valence-corrected chi connectivity index (χ1v) is 7.98. The number of nitrogens with two attached hydrogens (primary N) is 1. The van der Waals surface area contributed by atoms with E-state index in [-0.39, 0.29) is 0 Å². The molecule has 3 heteroatoms. The van der Waals surface area contributed by atoms with Gasteiger partial charge in [-0.25, -0.2) is 0 Å². The number of rotatable bonds is 4. The van der Waals surface area contributed by atoms with Gasteiger partial charge in [0.1, 0.15) is 19.3 Å².